The van der Waals surface area contributed by atoms with Gasteiger partial charge in [-0.3, -0.25) is 9.59 Å². The van der Waals surface area contributed by atoms with Gasteiger partial charge in [-0.05, 0) is 53.8 Å². The van der Waals surface area contributed by atoms with Crippen LogP contribution < -0.4 is 14.8 Å². The first kappa shape index (κ1) is 31.8. The Labute approximate surface area is 244 Å². The summed E-state index contributed by atoms with van der Waals surface area (Å²) in [6, 6.07) is 22.5. The summed E-state index contributed by atoms with van der Waals surface area (Å²) in [5.74, 6) is 0.314. The molecule has 0 aliphatic rings. The zero-order valence-corrected chi connectivity index (χ0v) is 25.0. The van der Waals surface area contributed by atoms with Gasteiger partial charge >= 0.3 is 0 Å². The number of nitrogens with one attached hydrogen (secondary N) is 2. The van der Waals surface area contributed by atoms with Crippen molar-refractivity contribution >= 4 is 21.8 Å². The van der Waals surface area contributed by atoms with E-state index in [0.29, 0.717) is 25.3 Å². The van der Waals surface area contributed by atoms with Crippen molar-refractivity contribution in [2.75, 3.05) is 20.2 Å². The molecule has 0 aliphatic carbocycles. The lowest BCUT2D eigenvalue weighted by Gasteiger charge is -2.32. The van der Waals surface area contributed by atoms with Crippen LogP contribution in [-0.2, 0) is 32.6 Å². The first-order chi connectivity index (χ1) is 19.8. The van der Waals surface area contributed by atoms with Crippen LogP contribution in [0.5, 0.6) is 5.75 Å². The van der Waals surface area contributed by atoms with Gasteiger partial charge < -0.3 is 15.0 Å². The van der Waals surface area contributed by atoms with Crippen LogP contribution in [-0.4, -0.2) is 45.3 Å². The summed E-state index contributed by atoms with van der Waals surface area (Å²) in [6.45, 7) is 4.92. The van der Waals surface area contributed by atoms with E-state index in [-0.39, 0.29) is 29.7 Å². The number of hydrogen-bond acceptors (Lipinski definition) is 5. The van der Waals surface area contributed by atoms with Crippen LogP contribution in [0.3, 0.4) is 0 Å². The normalized spacial score (nSPS) is 12.0. The van der Waals surface area contributed by atoms with E-state index in [2.05, 4.69) is 17.0 Å². The van der Waals surface area contributed by atoms with Crippen LogP contribution in [0.1, 0.15) is 62.3 Å². The van der Waals surface area contributed by atoms with Gasteiger partial charge in [0.2, 0.25) is 21.8 Å². The smallest absolute Gasteiger partial charge is 0.247 e. The molecule has 41 heavy (non-hydrogen) atoms. The van der Waals surface area contributed by atoms with Gasteiger partial charge in [0, 0.05) is 26.1 Å². The van der Waals surface area contributed by atoms with Crippen molar-refractivity contribution < 1.29 is 22.7 Å². The maximum atomic E-state index is 13.9. The van der Waals surface area contributed by atoms with Crippen LogP contribution in [0.25, 0.3) is 0 Å². The van der Waals surface area contributed by atoms with Gasteiger partial charge in [-0.2, -0.15) is 0 Å². The van der Waals surface area contributed by atoms with E-state index in [1.807, 2.05) is 54.6 Å². The molecule has 3 rings (SSSR count). The highest BCUT2D eigenvalue weighted by molar-refractivity contribution is 7.89. The summed E-state index contributed by atoms with van der Waals surface area (Å²) in [4.78, 5) is 29.3. The minimum Gasteiger partial charge on any atom is -0.497 e. The average molecular weight is 580 g/mol. The minimum absolute atomic E-state index is 0.155. The number of carbonyl (C=O) groups excluding carboxylic acids is 2. The molecule has 0 saturated carbocycles. The molecule has 3 aromatic rings. The number of hydrogen-bond donors (Lipinski definition) is 2. The second-order valence-electron chi connectivity index (χ2n) is 9.83. The van der Waals surface area contributed by atoms with Crippen molar-refractivity contribution in [3.05, 3.63) is 95.6 Å². The molecule has 0 aliphatic heterocycles. The number of unbranched alkanes of at least 4 members (excludes halogenated alkanes) is 2. The van der Waals surface area contributed by atoms with E-state index in [9.17, 15) is 18.0 Å². The van der Waals surface area contributed by atoms with Gasteiger partial charge in [0.25, 0.3) is 0 Å². The third-order valence-electron chi connectivity index (χ3n) is 6.78. The Morgan fingerprint density at radius 1 is 0.878 bits per heavy atom. The fraction of sp³-hybridized carbons (Fsp3) is 0.375. The zero-order valence-electron chi connectivity index (χ0n) is 24.1. The Kier molecular flexibility index (Phi) is 12.4. The summed E-state index contributed by atoms with van der Waals surface area (Å²) in [5.41, 5.74) is 2.44. The maximum absolute atomic E-state index is 13.9. The van der Waals surface area contributed by atoms with Crippen LogP contribution in [0.4, 0.5) is 0 Å². The summed E-state index contributed by atoms with van der Waals surface area (Å²) in [7, 11) is -1.95. The number of amides is 2. The Morgan fingerprint density at radius 2 is 1.54 bits per heavy atom. The van der Waals surface area contributed by atoms with Crippen molar-refractivity contribution in [3.8, 4) is 5.75 Å². The van der Waals surface area contributed by atoms with Crippen molar-refractivity contribution in [2.24, 2.45) is 0 Å². The van der Waals surface area contributed by atoms with Crippen molar-refractivity contribution in [2.45, 2.75) is 63.4 Å². The van der Waals surface area contributed by atoms with Gasteiger partial charge in [-0.15, -0.1) is 0 Å². The van der Waals surface area contributed by atoms with Crippen LogP contribution in [0, 0.1) is 0 Å². The average Bonchev–Trinajstić information content (AvgIpc) is 2.99. The number of rotatable bonds is 16. The van der Waals surface area contributed by atoms with Gasteiger partial charge in [0.15, 0.2) is 0 Å². The third-order valence-corrected chi connectivity index (χ3v) is 8.34. The molecule has 0 bridgehead atoms. The van der Waals surface area contributed by atoms with Crippen molar-refractivity contribution in [3.63, 3.8) is 0 Å². The minimum atomic E-state index is -3.55. The van der Waals surface area contributed by atoms with E-state index in [1.165, 1.54) is 0 Å². The lowest BCUT2D eigenvalue weighted by atomic mass is 10.0. The molecule has 0 fully saturated rings. The lowest BCUT2D eigenvalue weighted by molar-refractivity contribution is -0.141. The summed E-state index contributed by atoms with van der Waals surface area (Å²) >= 11 is 0. The molecule has 220 valence electrons. The molecule has 8 nitrogen and oxygen atoms in total. The van der Waals surface area contributed by atoms with Gasteiger partial charge in [0.1, 0.15) is 11.8 Å². The Balaban J connectivity index is 1.87. The van der Waals surface area contributed by atoms with E-state index < -0.39 is 16.1 Å². The van der Waals surface area contributed by atoms with Crippen LogP contribution in [0.2, 0.25) is 0 Å². The zero-order chi connectivity index (χ0) is 29.7. The number of ether oxygens (including phenoxy) is 1. The van der Waals surface area contributed by atoms with E-state index in [4.69, 9.17) is 4.74 Å². The highest BCUT2D eigenvalue weighted by atomic mass is 32.2. The summed E-state index contributed by atoms with van der Waals surface area (Å²) < 4.78 is 32.3. The molecular weight excluding hydrogens is 538 g/mol. The monoisotopic (exact) mass is 579 g/mol. The Hall–Kier alpha value is -3.69. The third kappa shape index (κ3) is 9.43. The Morgan fingerprint density at radius 3 is 2.15 bits per heavy atom. The number of aryl methyl sites for hydroxylation is 1. The Bertz CT molecular complexity index is 1340. The number of carbonyl (C=O) groups is 2. The highest BCUT2D eigenvalue weighted by Gasteiger charge is 2.31. The first-order valence-electron chi connectivity index (χ1n) is 14.1. The topological polar surface area (TPSA) is 105 Å². The fourth-order valence-corrected chi connectivity index (χ4v) is 5.59. The highest BCUT2D eigenvalue weighted by Crippen LogP contribution is 2.26. The van der Waals surface area contributed by atoms with E-state index in [1.54, 1.807) is 43.2 Å². The summed E-state index contributed by atoms with van der Waals surface area (Å²) in [5, 5.41) is 3.04. The van der Waals surface area contributed by atoms with E-state index in [0.717, 1.165) is 36.0 Å². The first-order valence-corrected chi connectivity index (χ1v) is 15.6. The molecule has 0 aromatic heterocycles. The molecular formula is C32H41N3O5S. The van der Waals surface area contributed by atoms with Gasteiger partial charge in [0.05, 0.1) is 12.0 Å². The molecule has 9 heteroatoms. The summed E-state index contributed by atoms with van der Waals surface area (Å²) in [6.07, 6.45) is 3.48. The van der Waals surface area contributed by atoms with Crippen LogP contribution in [0.15, 0.2) is 83.8 Å². The molecule has 0 radical (unpaired) electrons. The maximum Gasteiger partial charge on any atom is 0.247 e. The number of methoxy groups -OCH3 is 1. The second kappa shape index (κ2) is 15.9. The van der Waals surface area contributed by atoms with Crippen LogP contribution >= 0.6 is 0 Å². The van der Waals surface area contributed by atoms with Gasteiger partial charge in [-0.25, -0.2) is 13.1 Å². The predicted octanol–water partition coefficient (Wildman–Crippen LogP) is 5.00. The quantitative estimate of drug-likeness (QED) is 0.232. The SMILES string of the molecule is CCCCCNC(=O)C(c1ccccc1)N(Cc1ccc(OC)cc1)C(=O)CCc1ccc(S(=O)(=O)NCC)cc1. The molecule has 2 amide bonds. The molecule has 1 unspecified atom stereocenters. The lowest BCUT2D eigenvalue weighted by Crippen LogP contribution is -2.43. The molecule has 0 saturated heterocycles. The number of nitrogens with zero attached hydrogens (tertiary/aromatic N) is 1. The standard InChI is InChI=1S/C32H41N3O5S/c1-4-6-10-23-33-32(37)31(27-11-8-7-9-12-27)35(24-26-13-18-28(40-3)19-14-26)30(36)22-17-25-15-20-29(21-16-25)41(38,39)34-5-2/h7-9,11-16,18-21,31,34H,4-6,10,17,22-24H2,1-3H3,(H,33,37). The van der Waals surface area contributed by atoms with Crippen molar-refractivity contribution in [1.82, 2.24) is 14.9 Å². The number of benzene rings is 3. The van der Waals surface area contributed by atoms with Crippen molar-refractivity contribution in [1.29, 1.82) is 0 Å². The molecule has 1 atom stereocenters. The molecule has 0 spiro atoms. The molecule has 3 aromatic carbocycles. The fourth-order valence-electron chi connectivity index (χ4n) is 4.55. The molecule has 0 heterocycles. The predicted molar refractivity (Wildman–Crippen MR) is 161 cm³/mol. The number of sulfonamides is 1. The van der Waals surface area contributed by atoms with E-state index >= 15 is 0 Å². The molecule has 2 N–H and O–H groups in total. The largest absolute Gasteiger partial charge is 0.497 e. The second-order valence-corrected chi connectivity index (χ2v) is 11.6. The van der Waals surface area contributed by atoms with Gasteiger partial charge in [-0.1, -0.05) is 81.3 Å².